The second-order valence-corrected chi connectivity index (χ2v) is 17.5. The monoisotopic (exact) mass is 747 g/mol. The summed E-state index contributed by atoms with van der Waals surface area (Å²) >= 11 is 0. The number of hydrogen-bond donors (Lipinski definition) is 1. The zero-order valence-corrected chi connectivity index (χ0v) is 33.1. The second kappa shape index (κ2) is 11.8. The molecule has 6 heterocycles. The van der Waals surface area contributed by atoms with Crippen LogP contribution in [0.4, 0.5) is 5.95 Å². The number of nitrogens with one attached hydrogen (secondary N) is 1. The molecule has 55 heavy (non-hydrogen) atoms. The summed E-state index contributed by atoms with van der Waals surface area (Å²) in [5.41, 5.74) is 3.08. The molecule has 1 aromatic heterocycles. The molecule has 6 atom stereocenters. The average molecular weight is 748 g/mol. The molecule has 1 spiro atoms. The molecule has 1 aromatic carbocycles. The normalized spacial score (nSPS) is 31.0. The van der Waals surface area contributed by atoms with E-state index in [4.69, 9.17) is 28.7 Å². The second-order valence-electron chi connectivity index (χ2n) is 17.5. The first-order valence-electron chi connectivity index (χ1n) is 19.4. The number of carbonyl (C=O) groups excluding carboxylic acids is 3. The van der Waals surface area contributed by atoms with Gasteiger partial charge in [0.2, 0.25) is 5.95 Å². The Morgan fingerprint density at radius 2 is 1.76 bits per heavy atom. The number of benzene rings is 1. The Balaban J connectivity index is 1.36. The quantitative estimate of drug-likeness (QED) is 0.124. The molecule has 0 radical (unpaired) electrons. The van der Waals surface area contributed by atoms with Crippen molar-refractivity contribution in [1.29, 1.82) is 0 Å². The highest BCUT2D eigenvalue weighted by atomic mass is 16.6. The lowest BCUT2D eigenvalue weighted by Crippen LogP contribution is -2.75. The van der Waals surface area contributed by atoms with Crippen LogP contribution in [0, 0.1) is 11.8 Å². The van der Waals surface area contributed by atoms with Crippen LogP contribution in [0.15, 0.2) is 59.0 Å². The van der Waals surface area contributed by atoms with Gasteiger partial charge in [0.1, 0.15) is 17.1 Å². The van der Waals surface area contributed by atoms with E-state index >= 15 is 4.79 Å². The maximum absolute atomic E-state index is 15.3. The molecule has 3 aliphatic carbocycles. The van der Waals surface area contributed by atoms with Gasteiger partial charge in [-0.1, -0.05) is 29.4 Å². The van der Waals surface area contributed by atoms with E-state index in [9.17, 15) is 9.59 Å². The Hall–Kier alpha value is -4.90. The summed E-state index contributed by atoms with van der Waals surface area (Å²) in [6.45, 7) is 16.1. The van der Waals surface area contributed by atoms with Gasteiger partial charge < -0.3 is 33.6 Å². The van der Waals surface area contributed by atoms with Gasteiger partial charge in [-0.2, -0.15) is 0 Å². The number of allylic oxidation sites excluding steroid dienone is 4. The van der Waals surface area contributed by atoms with Gasteiger partial charge in [-0.05, 0) is 92.7 Å². The number of aromatic nitrogens is 2. The summed E-state index contributed by atoms with van der Waals surface area (Å²) in [6.07, 6.45) is 14.6. The van der Waals surface area contributed by atoms with Gasteiger partial charge in [-0.15, -0.1) is 0 Å². The molecule has 6 unspecified atom stereocenters. The van der Waals surface area contributed by atoms with Crippen molar-refractivity contribution in [1.82, 2.24) is 9.55 Å². The number of ether oxygens (including phenoxy) is 5. The van der Waals surface area contributed by atoms with Gasteiger partial charge in [0.25, 0.3) is 0 Å². The molecule has 8 aliphatic rings. The Morgan fingerprint density at radius 3 is 2.49 bits per heavy atom. The SMILES string of the molecule is COC(=O)/C(C)=C\CC12OC(C)(C)C3CC(C1=O)C1C4=C(Nc5nccn51)c1c(c(CC=C(C)C)c5c6c1OC(=O)CC6=CC(C)(CCC=C(C)C)O5)OC432. The number of fused-ring (bicyclic) bond motifs is 4. The zero-order chi connectivity index (χ0) is 39.0. The van der Waals surface area contributed by atoms with E-state index in [2.05, 4.69) is 58.2 Å². The van der Waals surface area contributed by atoms with Crippen LogP contribution in [0.1, 0.15) is 110 Å². The van der Waals surface area contributed by atoms with Crippen LogP contribution in [0.3, 0.4) is 0 Å². The molecular formula is C44H49N3O8. The average Bonchev–Trinajstić information content (AvgIpc) is 3.64. The van der Waals surface area contributed by atoms with Crippen molar-refractivity contribution in [2.24, 2.45) is 11.8 Å². The van der Waals surface area contributed by atoms with Gasteiger partial charge in [-0.3, -0.25) is 9.59 Å². The van der Waals surface area contributed by atoms with Crippen LogP contribution >= 0.6 is 0 Å². The van der Waals surface area contributed by atoms with Crippen molar-refractivity contribution in [3.05, 3.63) is 75.7 Å². The van der Waals surface area contributed by atoms with Crippen LogP contribution in [-0.2, 0) is 30.3 Å². The molecule has 2 aromatic rings. The molecule has 10 rings (SSSR count). The zero-order valence-electron chi connectivity index (χ0n) is 33.1. The lowest BCUT2D eigenvalue weighted by molar-refractivity contribution is -0.181. The van der Waals surface area contributed by atoms with Crippen LogP contribution in [0.5, 0.6) is 17.2 Å². The van der Waals surface area contributed by atoms with Crippen LogP contribution < -0.4 is 19.5 Å². The lowest BCUT2D eigenvalue weighted by Gasteiger charge is -2.62. The summed E-state index contributed by atoms with van der Waals surface area (Å²) in [5, 5.41) is 3.67. The highest BCUT2D eigenvalue weighted by Gasteiger charge is 2.84. The van der Waals surface area contributed by atoms with Gasteiger partial charge in [0.15, 0.2) is 22.7 Å². The molecule has 1 saturated heterocycles. The van der Waals surface area contributed by atoms with E-state index in [1.807, 2.05) is 24.6 Å². The number of carbonyl (C=O) groups is 3. The van der Waals surface area contributed by atoms with Crippen molar-refractivity contribution in [3.63, 3.8) is 0 Å². The number of imidazole rings is 1. The van der Waals surface area contributed by atoms with E-state index in [1.54, 1.807) is 19.2 Å². The minimum Gasteiger partial charge on any atom is -0.482 e. The van der Waals surface area contributed by atoms with Crippen molar-refractivity contribution < 1.29 is 38.1 Å². The number of esters is 2. The highest BCUT2D eigenvalue weighted by Crippen LogP contribution is 2.74. The third kappa shape index (κ3) is 4.77. The smallest absolute Gasteiger partial charge is 0.333 e. The van der Waals surface area contributed by atoms with Crippen LogP contribution in [-0.4, -0.2) is 56.8 Å². The molecule has 11 nitrogen and oxygen atoms in total. The standard InChI is InChI=1S/C44H49N3O8/c1-22(2)11-10-15-42(8)21-25-19-29(48)52-37-30(25)35(53-42)26(13-12-23(3)4)36-31(37)33-32-34(47-18-17-45-40(47)46-33)27-20-28-41(6,7)55-43(38(27)49,44(28,32)54-36)16-14-24(5)39(50)51-9/h11-12,14,17-18,21,27-28,34H,10,13,15-16,19-20H2,1-9H3,(H,45,46)/b24-14-. The maximum Gasteiger partial charge on any atom is 0.333 e. The fraction of sp³-hybridized carbons (Fsp3) is 0.500. The minimum atomic E-state index is -1.49. The molecule has 1 N–H and O–H groups in total. The largest absolute Gasteiger partial charge is 0.482 e. The number of Topliss-reactive ketones (excluding diaryl/α,β-unsaturated/α-hetero) is 1. The summed E-state index contributed by atoms with van der Waals surface area (Å²) < 4.78 is 35.4. The van der Waals surface area contributed by atoms with Gasteiger partial charge in [0, 0.05) is 47.4 Å². The van der Waals surface area contributed by atoms with E-state index in [1.165, 1.54) is 12.7 Å². The first-order chi connectivity index (χ1) is 26.1. The van der Waals surface area contributed by atoms with E-state index < -0.39 is 40.3 Å². The Kier molecular flexibility index (Phi) is 7.68. The van der Waals surface area contributed by atoms with Crippen LogP contribution in [0.2, 0.25) is 0 Å². The number of methoxy groups -OCH3 is 1. The molecule has 4 fully saturated rings. The first kappa shape index (κ1) is 35.8. The number of rotatable bonds is 8. The van der Waals surface area contributed by atoms with Crippen molar-refractivity contribution in [3.8, 4) is 17.2 Å². The van der Waals surface area contributed by atoms with Gasteiger partial charge in [0.05, 0.1) is 42.0 Å². The first-order valence-corrected chi connectivity index (χ1v) is 19.4. The minimum absolute atomic E-state index is 0.0637. The van der Waals surface area contributed by atoms with E-state index in [0.717, 1.165) is 34.3 Å². The lowest BCUT2D eigenvalue weighted by atomic mass is 9.47. The highest BCUT2D eigenvalue weighted by molar-refractivity contribution is 6.05. The Labute approximate surface area is 321 Å². The fourth-order valence-electron chi connectivity index (χ4n) is 10.7. The number of hydrogen-bond acceptors (Lipinski definition) is 10. The van der Waals surface area contributed by atoms with Gasteiger partial charge >= 0.3 is 11.9 Å². The summed E-state index contributed by atoms with van der Waals surface area (Å²) in [5.74, 6) is 0.483. The molecule has 0 amide bonds. The predicted molar refractivity (Wildman–Crippen MR) is 206 cm³/mol. The fourth-order valence-corrected chi connectivity index (χ4v) is 10.7. The summed E-state index contributed by atoms with van der Waals surface area (Å²) in [4.78, 5) is 46.4. The van der Waals surface area contributed by atoms with Crippen molar-refractivity contribution in [2.75, 3.05) is 12.4 Å². The number of ketones is 1. The summed E-state index contributed by atoms with van der Waals surface area (Å²) in [7, 11) is 1.35. The maximum atomic E-state index is 15.3. The third-order valence-electron chi connectivity index (χ3n) is 12.9. The molecular weight excluding hydrogens is 698 g/mol. The van der Waals surface area contributed by atoms with Crippen molar-refractivity contribution in [2.45, 2.75) is 122 Å². The molecule has 288 valence electrons. The predicted octanol–water partition coefficient (Wildman–Crippen LogP) is 7.77. The topological polar surface area (TPSA) is 127 Å². The summed E-state index contributed by atoms with van der Waals surface area (Å²) in [6, 6.07) is -0.421. The molecule has 4 bridgehead atoms. The molecule has 5 aliphatic heterocycles. The molecule has 11 heteroatoms. The molecule has 3 saturated carbocycles. The van der Waals surface area contributed by atoms with Crippen molar-refractivity contribution >= 4 is 34.9 Å². The van der Waals surface area contributed by atoms with Crippen LogP contribution in [0.25, 0.3) is 11.3 Å². The third-order valence-corrected chi connectivity index (χ3v) is 12.9. The number of nitrogens with zero attached hydrogens (tertiary/aromatic N) is 2. The Morgan fingerprint density at radius 1 is 1.02 bits per heavy atom. The van der Waals surface area contributed by atoms with Gasteiger partial charge in [-0.25, -0.2) is 9.78 Å². The van der Waals surface area contributed by atoms with E-state index in [0.29, 0.717) is 59.3 Å². The number of anilines is 1. The van der Waals surface area contributed by atoms with E-state index in [-0.39, 0.29) is 30.5 Å². The Bertz CT molecular complexity index is 2280.